The van der Waals surface area contributed by atoms with Crippen molar-refractivity contribution in [2.24, 2.45) is 0 Å². The molecule has 0 atom stereocenters. The molecule has 6 heteroatoms. The van der Waals surface area contributed by atoms with E-state index in [9.17, 15) is 4.79 Å². The van der Waals surface area contributed by atoms with Gasteiger partial charge >= 0.3 is 0 Å². The minimum atomic E-state index is 0.262. The highest BCUT2D eigenvalue weighted by molar-refractivity contribution is 7.12. The third kappa shape index (κ3) is 4.45. The normalized spacial score (nSPS) is 16.3. The molecule has 0 aromatic carbocycles. The van der Waals surface area contributed by atoms with Crippen LogP contribution < -0.4 is 0 Å². The fourth-order valence-electron chi connectivity index (χ4n) is 3.14. The summed E-state index contributed by atoms with van der Waals surface area (Å²) in [6.07, 6.45) is 5.66. The number of nitrogens with zero attached hydrogens (tertiary/aromatic N) is 4. The Morgan fingerprint density at radius 3 is 2.83 bits per heavy atom. The Balaban J connectivity index is 1.51. The van der Waals surface area contributed by atoms with Crippen molar-refractivity contribution < 1.29 is 4.79 Å². The fraction of sp³-hybridized carbons (Fsp3) is 0.556. The number of carbonyl (C=O) groups excluding carboxylic acids is 1. The maximum atomic E-state index is 12.5. The van der Waals surface area contributed by atoms with Crippen LogP contribution in [0.1, 0.15) is 28.7 Å². The second kappa shape index (κ2) is 7.94. The fourth-order valence-corrected chi connectivity index (χ4v) is 4.02. The molecule has 1 amide bonds. The quantitative estimate of drug-likeness (QED) is 0.835. The Hall–Kier alpha value is -1.66. The Morgan fingerprint density at radius 2 is 2.12 bits per heavy atom. The molecule has 130 valence electrons. The monoisotopic (exact) mass is 346 g/mol. The third-order valence-corrected chi connectivity index (χ3v) is 5.48. The first-order chi connectivity index (χ1) is 11.6. The first-order valence-electron chi connectivity index (χ1n) is 8.71. The minimum absolute atomic E-state index is 0.262. The van der Waals surface area contributed by atoms with E-state index in [-0.39, 0.29) is 5.91 Å². The largest absolute Gasteiger partial charge is 0.341 e. The second-order valence-electron chi connectivity index (χ2n) is 6.40. The summed E-state index contributed by atoms with van der Waals surface area (Å²) >= 11 is 1.72. The highest BCUT2D eigenvalue weighted by Gasteiger charge is 2.20. The molecule has 0 radical (unpaired) electrons. The van der Waals surface area contributed by atoms with Crippen molar-refractivity contribution in [1.82, 2.24) is 19.6 Å². The molecular formula is C18H26N4OS. The van der Waals surface area contributed by atoms with Gasteiger partial charge in [0.15, 0.2) is 0 Å². The van der Waals surface area contributed by atoms with E-state index in [2.05, 4.69) is 42.2 Å². The van der Waals surface area contributed by atoms with Crippen LogP contribution >= 0.6 is 11.3 Å². The molecular weight excluding hydrogens is 320 g/mol. The number of hydrogen-bond acceptors (Lipinski definition) is 4. The van der Waals surface area contributed by atoms with Crippen molar-refractivity contribution in [3.63, 3.8) is 0 Å². The molecule has 1 saturated heterocycles. The summed E-state index contributed by atoms with van der Waals surface area (Å²) in [5.74, 6) is 0.262. The first kappa shape index (κ1) is 17.2. The van der Waals surface area contributed by atoms with E-state index in [1.807, 2.05) is 15.8 Å². The minimum Gasteiger partial charge on any atom is -0.341 e. The standard InChI is InChI=1S/C18H26N4OS/c1-3-22-14-16(12-19-22)13-20-7-4-8-21(10-9-20)18(23)11-17-6-5-15(2)24-17/h5-6,12,14H,3-4,7-11,13H2,1-2H3. The van der Waals surface area contributed by atoms with E-state index in [0.29, 0.717) is 6.42 Å². The SMILES string of the molecule is CCn1cc(CN2CCCN(C(=O)Cc3ccc(C)s3)CC2)cn1. The molecule has 1 aliphatic heterocycles. The maximum Gasteiger partial charge on any atom is 0.227 e. The van der Waals surface area contributed by atoms with Gasteiger partial charge in [-0.2, -0.15) is 5.10 Å². The van der Waals surface area contributed by atoms with Crippen molar-refractivity contribution in [2.45, 2.75) is 39.8 Å². The number of thiophene rings is 1. The van der Waals surface area contributed by atoms with Gasteiger partial charge in [-0.05, 0) is 32.4 Å². The Bertz CT molecular complexity index is 678. The van der Waals surface area contributed by atoms with Gasteiger partial charge in [0, 0.05) is 60.8 Å². The van der Waals surface area contributed by atoms with E-state index in [1.54, 1.807) is 11.3 Å². The lowest BCUT2D eigenvalue weighted by Gasteiger charge is -2.21. The molecule has 0 spiro atoms. The molecule has 1 aliphatic rings. The highest BCUT2D eigenvalue weighted by Crippen LogP contribution is 2.17. The summed E-state index contributed by atoms with van der Waals surface area (Å²) in [6.45, 7) is 9.69. The van der Waals surface area contributed by atoms with Crippen molar-refractivity contribution >= 4 is 17.2 Å². The van der Waals surface area contributed by atoms with E-state index < -0.39 is 0 Å². The molecule has 1 fully saturated rings. The molecule has 0 aliphatic carbocycles. The van der Waals surface area contributed by atoms with Crippen molar-refractivity contribution in [3.8, 4) is 0 Å². The van der Waals surface area contributed by atoms with Crippen LogP contribution in [-0.4, -0.2) is 51.7 Å². The molecule has 2 aromatic heterocycles. The van der Waals surface area contributed by atoms with Crippen LogP contribution in [0.2, 0.25) is 0 Å². The molecule has 3 rings (SSSR count). The molecule has 24 heavy (non-hydrogen) atoms. The molecule has 0 unspecified atom stereocenters. The van der Waals surface area contributed by atoms with E-state index in [4.69, 9.17) is 0 Å². The second-order valence-corrected chi connectivity index (χ2v) is 7.78. The number of aromatic nitrogens is 2. The van der Waals surface area contributed by atoms with Crippen LogP contribution in [-0.2, 0) is 24.3 Å². The topological polar surface area (TPSA) is 41.4 Å². The molecule has 5 nitrogen and oxygen atoms in total. The number of aryl methyl sites for hydroxylation is 2. The average Bonchev–Trinajstić information content (AvgIpc) is 3.11. The van der Waals surface area contributed by atoms with Gasteiger partial charge in [0.05, 0.1) is 12.6 Å². The summed E-state index contributed by atoms with van der Waals surface area (Å²) in [5, 5.41) is 4.34. The number of rotatable bonds is 5. The van der Waals surface area contributed by atoms with Gasteiger partial charge in [0.2, 0.25) is 5.91 Å². The van der Waals surface area contributed by atoms with E-state index >= 15 is 0 Å². The molecule has 0 saturated carbocycles. The summed E-state index contributed by atoms with van der Waals surface area (Å²) in [4.78, 5) is 19.4. The lowest BCUT2D eigenvalue weighted by Crippen LogP contribution is -2.35. The smallest absolute Gasteiger partial charge is 0.227 e. The van der Waals surface area contributed by atoms with Gasteiger partial charge < -0.3 is 4.90 Å². The lowest BCUT2D eigenvalue weighted by molar-refractivity contribution is -0.130. The summed E-state index contributed by atoms with van der Waals surface area (Å²) in [6, 6.07) is 4.17. The summed E-state index contributed by atoms with van der Waals surface area (Å²) in [5.41, 5.74) is 1.26. The first-order valence-corrected chi connectivity index (χ1v) is 9.52. The zero-order valence-corrected chi connectivity index (χ0v) is 15.4. The zero-order chi connectivity index (χ0) is 16.9. The zero-order valence-electron chi connectivity index (χ0n) is 14.6. The van der Waals surface area contributed by atoms with E-state index in [0.717, 1.165) is 45.7 Å². The van der Waals surface area contributed by atoms with Crippen molar-refractivity contribution in [1.29, 1.82) is 0 Å². The van der Waals surface area contributed by atoms with Gasteiger partial charge in [-0.1, -0.05) is 0 Å². The van der Waals surface area contributed by atoms with Gasteiger partial charge in [0.25, 0.3) is 0 Å². The molecule has 3 heterocycles. The lowest BCUT2D eigenvalue weighted by atomic mass is 10.3. The average molecular weight is 347 g/mol. The highest BCUT2D eigenvalue weighted by atomic mass is 32.1. The Labute approximate surface area is 147 Å². The van der Waals surface area contributed by atoms with Crippen LogP contribution in [0.25, 0.3) is 0 Å². The van der Waals surface area contributed by atoms with Gasteiger partial charge in [-0.15, -0.1) is 11.3 Å². The van der Waals surface area contributed by atoms with Crippen LogP contribution in [0.5, 0.6) is 0 Å². The van der Waals surface area contributed by atoms with Crippen LogP contribution in [0.3, 0.4) is 0 Å². The Kier molecular flexibility index (Phi) is 5.68. The van der Waals surface area contributed by atoms with Gasteiger partial charge in [-0.3, -0.25) is 14.4 Å². The van der Waals surface area contributed by atoms with Crippen LogP contribution in [0, 0.1) is 6.92 Å². The van der Waals surface area contributed by atoms with Crippen LogP contribution in [0.4, 0.5) is 0 Å². The number of hydrogen-bond donors (Lipinski definition) is 0. The van der Waals surface area contributed by atoms with Gasteiger partial charge in [-0.25, -0.2) is 0 Å². The maximum absolute atomic E-state index is 12.5. The summed E-state index contributed by atoms with van der Waals surface area (Å²) < 4.78 is 1.96. The van der Waals surface area contributed by atoms with Crippen molar-refractivity contribution in [3.05, 3.63) is 39.8 Å². The van der Waals surface area contributed by atoms with E-state index in [1.165, 1.54) is 15.3 Å². The molecule has 0 N–H and O–H groups in total. The van der Waals surface area contributed by atoms with Crippen molar-refractivity contribution in [2.75, 3.05) is 26.2 Å². The molecule has 2 aromatic rings. The Morgan fingerprint density at radius 1 is 1.25 bits per heavy atom. The van der Waals surface area contributed by atoms with Crippen LogP contribution in [0.15, 0.2) is 24.5 Å². The third-order valence-electron chi connectivity index (χ3n) is 4.48. The predicted octanol–water partition coefficient (Wildman–Crippen LogP) is 2.55. The number of amides is 1. The summed E-state index contributed by atoms with van der Waals surface area (Å²) in [7, 11) is 0. The van der Waals surface area contributed by atoms with Gasteiger partial charge in [0.1, 0.15) is 0 Å². The predicted molar refractivity (Wildman–Crippen MR) is 97.1 cm³/mol. The molecule has 0 bridgehead atoms. The number of carbonyl (C=O) groups is 1.